The maximum Gasteiger partial charge on any atom is 0.374 e. The second-order valence-electron chi connectivity index (χ2n) is 4.07. The molecule has 1 aromatic heterocycles. The zero-order valence-electron chi connectivity index (χ0n) is 9.19. The van der Waals surface area contributed by atoms with Crippen LogP contribution < -0.4 is 0 Å². The predicted octanol–water partition coefficient (Wildman–Crippen LogP) is 3.28. The molecular formula is C12H12BrNO3. The second kappa shape index (κ2) is 5.37. The highest BCUT2D eigenvalue weighted by atomic mass is 79.9. The van der Waals surface area contributed by atoms with Gasteiger partial charge in [-0.3, -0.25) is 0 Å². The zero-order valence-corrected chi connectivity index (χ0v) is 10.8. The van der Waals surface area contributed by atoms with E-state index in [0.29, 0.717) is 4.67 Å². The minimum atomic E-state index is -0.497. The number of furan rings is 1. The number of esters is 1. The molecule has 5 heteroatoms. The fraction of sp³-hybridized carbons (Fsp3) is 0.500. The Morgan fingerprint density at radius 2 is 2.24 bits per heavy atom. The number of rotatable bonds is 2. The van der Waals surface area contributed by atoms with Crippen molar-refractivity contribution < 1.29 is 13.9 Å². The summed E-state index contributed by atoms with van der Waals surface area (Å²) in [6.45, 7) is 0. The third-order valence-electron chi connectivity index (χ3n) is 2.90. The highest BCUT2D eigenvalue weighted by Gasteiger charge is 2.29. The predicted molar refractivity (Wildman–Crippen MR) is 63.2 cm³/mol. The molecule has 4 nitrogen and oxygen atoms in total. The van der Waals surface area contributed by atoms with Gasteiger partial charge in [0.05, 0.1) is 12.0 Å². The van der Waals surface area contributed by atoms with Crippen molar-refractivity contribution in [3.63, 3.8) is 0 Å². The molecule has 0 saturated heterocycles. The first kappa shape index (κ1) is 12.2. The lowest BCUT2D eigenvalue weighted by molar-refractivity contribution is 0.00741. The summed E-state index contributed by atoms with van der Waals surface area (Å²) in [7, 11) is 0. The molecule has 0 aliphatic heterocycles. The molecule has 1 aliphatic carbocycles. The van der Waals surface area contributed by atoms with Crippen molar-refractivity contribution in [1.29, 1.82) is 5.26 Å². The van der Waals surface area contributed by atoms with Crippen LogP contribution in [-0.2, 0) is 4.74 Å². The fourth-order valence-electron chi connectivity index (χ4n) is 2.01. The van der Waals surface area contributed by atoms with Crippen LogP contribution in [0.4, 0.5) is 0 Å². The van der Waals surface area contributed by atoms with Crippen molar-refractivity contribution in [3.05, 3.63) is 22.6 Å². The molecule has 1 aromatic rings. The Balaban J connectivity index is 2.00. The molecule has 17 heavy (non-hydrogen) atoms. The Morgan fingerprint density at radius 3 is 2.88 bits per heavy atom. The highest BCUT2D eigenvalue weighted by molar-refractivity contribution is 9.10. The van der Waals surface area contributed by atoms with Gasteiger partial charge in [0.25, 0.3) is 0 Å². The van der Waals surface area contributed by atoms with Crippen molar-refractivity contribution in [1.82, 2.24) is 0 Å². The molecule has 1 fully saturated rings. The molecule has 1 saturated carbocycles. The van der Waals surface area contributed by atoms with E-state index >= 15 is 0 Å². The Morgan fingerprint density at radius 1 is 1.47 bits per heavy atom. The summed E-state index contributed by atoms with van der Waals surface area (Å²) in [5.41, 5.74) is 0. The molecular weight excluding hydrogens is 286 g/mol. The third kappa shape index (κ3) is 2.89. The standard InChI is InChI=1S/C12H12BrNO3/c13-11-6-5-10(16-11)12(15)17-9-4-2-1-3-8(9)7-14/h5-6,8-9H,1-4H2/t8-,9+/m1/s1. The van der Waals surface area contributed by atoms with Gasteiger partial charge >= 0.3 is 5.97 Å². The number of hydrogen-bond acceptors (Lipinski definition) is 4. The fourth-order valence-corrected chi connectivity index (χ4v) is 2.31. The van der Waals surface area contributed by atoms with Gasteiger partial charge in [0.15, 0.2) is 4.67 Å². The van der Waals surface area contributed by atoms with Crippen LogP contribution in [0.2, 0.25) is 0 Å². The van der Waals surface area contributed by atoms with E-state index in [9.17, 15) is 4.79 Å². The van der Waals surface area contributed by atoms with Crippen LogP contribution in [0.3, 0.4) is 0 Å². The number of ether oxygens (including phenoxy) is 1. The summed E-state index contributed by atoms with van der Waals surface area (Å²) in [5.74, 6) is -0.520. The average molecular weight is 298 g/mol. The van der Waals surface area contributed by atoms with E-state index in [1.165, 1.54) is 0 Å². The van der Waals surface area contributed by atoms with Gasteiger partial charge in [-0.05, 0) is 47.3 Å². The van der Waals surface area contributed by atoms with Crippen LogP contribution in [-0.4, -0.2) is 12.1 Å². The number of carbonyl (C=O) groups is 1. The van der Waals surface area contributed by atoms with E-state index in [1.807, 2.05) is 0 Å². The molecule has 0 amide bonds. The first-order chi connectivity index (χ1) is 8.20. The van der Waals surface area contributed by atoms with Crippen LogP contribution in [0.15, 0.2) is 21.2 Å². The van der Waals surface area contributed by atoms with Gasteiger partial charge < -0.3 is 9.15 Å². The highest BCUT2D eigenvalue weighted by Crippen LogP contribution is 2.27. The molecule has 90 valence electrons. The van der Waals surface area contributed by atoms with Crippen LogP contribution >= 0.6 is 15.9 Å². The quantitative estimate of drug-likeness (QED) is 0.786. The van der Waals surface area contributed by atoms with Gasteiger partial charge in [0.1, 0.15) is 6.10 Å². The van der Waals surface area contributed by atoms with E-state index < -0.39 is 5.97 Å². The van der Waals surface area contributed by atoms with Crippen LogP contribution in [0.5, 0.6) is 0 Å². The summed E-state index contributed by atoms with van der Waals surface area (Å²) in [4.78, 5) is 11.7. The van der Waals surface area contributed by atoms with Gasteiger partial charge in [0.2, 0.25) is 5.76 Å². The second-order valence-corrected chi connectivity index (χ2v) is 4.85. The van der Waals surface area contributed by atoms with Crippen molar-refractivity contribution in [2.24, 2.45) is 5.92 Å². The molecule has 0 radical (unpaired) electrons. The van der Waals surface area contributed by atoms with E-state index in [0.717, 1.165) is 25.7 Å². The molecule has 0 aromatic carbocycles. The van der Waals surface area contributed by atoms with E-state index in [4.69, 9.17) is 14.4 Å². The van der Waals surface area contributed by atoms with Gasteiger partial charge in [-0.25, -0.2) is 4.79 Å². The van der Waals surface area contributed by atoms with Gasteiger partial charge in [-0.2, -0.15) is 5.26 Å². The summed E-state index contributed by atoms with van der Waals surface area (Å²) < 4.78 is 10.9. The summed E-state index contributed by atoms with van der Waals surface area (Å²) >= 11 is 3.12. The maximum absolute atomic E-state index is 11.7. The molecule has 0 spiro atoms. The van der Waals surface area contributed by atoms with Crippen molar-refractivity contribution >= 4 is 21.9 Å². The maximum atomic E-state index is 11.7. The van der Waals surface area contributed by atoms with Crippen molar-refractivity contribution in [2.45, 2.75) is 31.8 Å². The summed E-state index contributed by atoms with van der Waals surface area (Å²) in [6.07, 6.45) is 3.28. The minimum Gasteiger partial charge on any atom is -0.455 e. The van der Waals surface area contributed by atoms with Crippen LogP contribution in [0, 0.1) is 17.2 Å². The monoisotopic (exact) mass is 297 g/mol. The first-order valence-corrected chi connectivity index (χ1v) is 6.36. The summed E-state index contributed by atoms with van der Waals surface area (Å²) in [6, 6.07) is 5.39. The lowest BCUT2D eigenvalue weighted by Crippen LogP contribution is -2.29. The third-order valence-corrected chi connectivity index (χ3v) is 3.33. The SMILES string of the molecule is N#C[C@H]1CCCC[C@@H]1OC(=O)c1ccc(Br)o1. The average Bonchev–Trinajstić information content (AvgIpc) is 2.77. The molecule has 0 N–H and O–H groups in total. The zero-order chi connectivity index (χ0) is 12.3. The number of carbonyl (C=O) groups excluding carboxylic acids is 1. The van der Waals surface area contributed by atoms with Crippen LogP contribution in [0.25, 0.3) is 0 Å². The number of nitrogens with zero attached hydrogens (tertiary/aromatic N) is 1. The number of halogens is 1. The first-order valence-electron chi connectivity index (χ1n) is 5.56. The topological polar surface area (TPSA) is 63.2 Å². The lowest BCUT2D eigenvalue weighted by atomic mass is 9.87. The molecule has 1 aliphatic rings. The number of nitriles is 1. The molecule has 0 bridgehead atoms. The Kier molecular flexibility index (Phi) is 3.85. The minimum absolute atomic E-state index is 0.166. The number of hydrogen-bond donors (Lipinski definition) is 0. The van der Waals surface area contributed by atoms with Crippen LogP contribution in [0.1, 0.15) is 36.2 Å². The Bertz CT molecular complexity index is 449. The largest absolute Gasteiger partial charge is 0.455 e. The van der Waals surface area contributed by atoms with Gasteiger partial charge in [-0.1, -0.05) is 6.42 Å². The van der Waals surface area contributed by atoms with E-state index in [2.05, 4.69) is 22.0 Å². The van der Waals surface area contributed by atoms with Crippen molar-refractivity contribution in [2.75, 3.05) is 0 Å². The van der Waals surface area contributed by atoms with E-state index in [-0.39, 0.29) is 17.8 Å². The molecule has 1 heterocycles. The van der Waals surface area contributed by atoms with E-state index in [1.54, 1.807) is 12.1 Å². The Labute approximate surface area is 108 Å². The molecule has 2 rings (SSSR count). The lowest BCUT2D eigenvalue weighted by Gasteiger charge is -2.25. The van der Waals surface area contributed by atoms with Gasteiger partial charge in [0, 0.05) is 0 Å². The van der Waals surface area contributed by atoms with Crippen molar-refractivity contribution in [3.8, 4) is 6.07 Å². The summed E-state index contributed by atoms with van der Waals surface area (Å²) in [5, 5.41) is 8.98. The Hall–Kier alpha value is -1.28. The molecule has 0 unspecified atom stereocenters. The smallest absolute Gasteiger partial charge is 0.374 e. The normalized spacial score (nSPS) is 24.0. The molecule has 2 atom stereocenters. The van der Waals surface area contributed by atoms with Gasteiger partial charge in [-0.15, -0.1) is 0 Å².